The van der Waals surface area contributed by atoms with Crippen molar-refractivity contribution in [1.82, 2.24) is 0 Å². The van der Waals surface area contributed by atoms with Crippen molar-refractivity contribution in [3.8, 4) is 0 Å². The molecule has 0 N–H and O–H groups in total. The van der Waals surface area contributed by atoms with Crippen LogP contribution in [0.2, 0.25) is 0 Å². The first-order valence-corrected chi connectivity index (χ1v) is 26.6. The molecule has 0 radical (unpaired) electrons. The number of alkyl halides is 4. The Morgan fingerprint density at radius 2 is 0.943 bits per heavy atom. The van der Waals surface area contributed by atoms with Gasteiger partial charge in [-0.25, -0.2) is 0 Å². The van der Waals surface area contributed by atoms with Crippen LogP contribution >= 0.6 is 9.19 Å². The average molecular weight is 1130 g/mol. The van der Waals surface area contributed by atoms with Crippen LogP contribution in [0.25, 0.3) is 0 Å². The van der Waals surface area contributed by atoms with Crippen molar-refractivity contribution in [2.45, 2.75) is 53.4 Å². The van der Waals surface area contributed by atoms with Crippen molar-refractivity contribution in [3.05, 3.63) is 50.7 Å². The van der Waals surface area contributed by atoms with Gasteiger partial charge in [-0.15, -0.1) is 0 Å². The molecule has 1 fully saturated rings. The average Bonchev–Trinajstić information content (AvgIpc) is 3.31. The van der Waals surface area contributed by atoms with Crippen LogP contribution < -0.4 is 94.6 Å². The summed E-state index contributed by atoms with van der Waals surface area (Å²) in [6.45, 7) is 11.5. The molecule has 2 nitrogen and oxygen atoms in total. The molecule has 1 aliphatic heterocycles. The zero-order chi connectivity index (χ0) is 25.0. The number of benzene rings is 2. The molecule has 1 aliphatic rings. The van der Waals surface area contributed by atoms with Gasteiger partial charge in [0.2, 0.25) is 0 Å². The number of anilines is 2. The maximum atomic E-state index is 6.94. The number of hydrogen-bond acceptors (Lipinski definition) is 2. The quantitative estimate of drug-likeness (QED) is 0.106. The molecular weight excluding hydrogens is 1090 g/mol. The predicted molar refractivity (Wildman–Crippen MR) is 134 cm³/mol. The second-order valence-electron chi connectivity index (χ2n) is 8.03. The normalized spacial score (nSPS) is 14.4. The molecule has 2 aromatic rings. The van der Waals surface area contributed by atoms with E-state index >= 15 is 0 Å². The van der Waals surface area contributed by atoms with E-state index in [4.69, 9.17) is 9.19 Å². The molecule has 1 saturated heterocycles. The van der Waals surface area contributed by atoms with Crippen molar-refractivity contribution in [2.24, 2.45) is 0 Å². The van der Waals surface area contributed by atoms with Crippen LogP contribution in [0.15, 0.2) is 36.4 Å². The Kier molecular flexibility index (Phi) is 15.7. The summed E-state index contributed by atoms with van der Waals surface area (Å²) < 4.78 is 13.6. The first-order chi connectivity index (χ1) is 17.2. The molecule has 0 aliphatic carbocycles. The van der Waals surface area contributed by atoms with E-state index in [0.29, 0.717) is 0 Å². The molecule has 35 heavy (non-hydrogen) atoms. The zero-order valence-electron chi connectivity index (χ0n) is 21.1. The van der Waals surface area contributed by atoms with Gasteiger partial charge in [0.05, 0.1) is 0 Å². The summed E-state index contributed by atoms with van der Waals surface area (Å²) in [6, 6.07) is 14.5. The molecule has 0 saturated carbocycles. The van der Waals surface area contributed by atoms with Gasteiger partial charge in [-0.05, 0) is 0 Å². The SMILES string of the molecule is CCC[I-]c1cccc([I-]CCC)c1N1CCN(c2c([I-]CCC)cccc2[I-]CCC)[C]1=[Au][Cl]. The van der Waals surface area contributed by atoms with Crippen molar-refractivity contribution in [1.29, 1.82) is 0 Å². The summed E-state index contributed by atoms with van der Waals surface area (Å²) in [5, 5.41) is 0. The molecule has 3 rings (SSSR count). The first kappa shape index (κ1) is 31.4. The van der Waals surface area contributed by atoms with Crippen molar-refractivity contribution in [2.75, 3.05) is 40.6 Å². The van der Waals surface area contributed by atoms with Crippen LogP contribution in [-0.2, 0) is 18.2 Å². The molecule has 0 atom stereocenters. The molecule has 0 unspecified atom stereocenters. The summed E-state index contributed by atoms with van der Waals surface area (Å²) in [7, 11) is 6.94. The fourth-order valence-electron chi connectivity index (χ4n) is 3.68. The van der Waals surface area contributed by atoms with Crippen LogP contribution in [0.3, 0.4) is 0 Å². The maximum absolute atomic E-state index is 6.94. The molecule has 0 aromatic heterocycles. The zero-order valence-corrected chi connectivity index (χ0v) is 32.7. The van der Waals surface area contributed by atoms with E-state index in [-0.39, 0.29) is 84.8 Å². The third-order valence-electron chi connectivity index (χ3n) is 5.13. The fraction of sp³-hybridized carbons (Fsp3) is 0.519. The Bertz CT molecular complexity index is 846. The molecule has 8 heteroatoms. The summed E-state index contributed by atoms with van der Waals surface area (Å²) in [6.07, 6.45) is 5.18. The van der Waals surface area contributed by atoms with Gasteiger partial charge in [-0.2, -0.15) is 0 Å². The minimum absolute atomic E-state index is 0.0530. The van der Waals surface area contributed by atoms with E-state index in [1.807, 2.05) is 0 Å². The molecule has 0 bridgehead atoms. The molecule has 0 amide bonds. The van der Waals surface area contributed by atoms with Gasteiger partial charge in [0.1, 0.15) is 0 Å². The van der Waals surface area contributed by atoms with Gasteiger partial charge in [-0.1, -0.05) is 0 Å². The van der Waals surface area contributed by atoms with Crippen LogP contribution in [0.1, 0.15) is 53.4 Å². The Labute approximate surface area is 268 Å². The summed E-state index contributed by atoms with van der Waals surface area (Å²) in [5.41, 5.74) is 3.19. The standard InChI is InChI=1S/C27H38I4N2.Au.ClH/c1-5-15-28-22-11-9-12-23(29-16-6-2)26(22)32-19-20-33(21-32)27-24(30-17-7-3)13-10-14-25(27)31-18-8-4;;/h9-14H,5-8,15-20H2,1-4H3;;1H/q-4;+1;/p-1. The van der Waals surface area contributed by atoms with E-state index in [1.165, 1.54) is 47.4 Å². The number of hydrogen-bond donors (Lipinski definition) is 0. The minimum atomic E-state index is -0.412. The van der Waals surface area contributed by atoms with E-state index in [0.717, 1.165) is 13.1 Å². The predicted octanol–water partition coefficient (Wildman–Crippen LogP) is -5.99. The van der Waals surface area contributed by atoms with E-state index in [9.17, 15) is 0 Å². The monoisotopic (exact) mass is 1130 g/mol. The van der Waals surface area contributed by atoms with Crippen molar-refractivity contribution < 1.29 is 103 Å². The van der Waals surface area contributed by atoms with Crippen LogP contribution in [0.4, 0.5) is 11.4 Å². The van der Waals surface area contributed by atoms with Crippen molar-refractivity contribution in [3.63, 3.8) is 0 Å². The molecular formula is C27H38AuClI4N2-4. The summed E-state index contributed by atoms with van der Waals surface area (Å²) >= 11 is -0.200. The fourth-order valence-corrected chi connectivity index (χ4v) is 17.2. The summed E-state index contributed by atoms with van der Waals surface area (Å²) in [4.78, 5) is 5.42. The second kappa shape index (κ2) is 17.5. The Morgan fingerprint density at radius 1 is 0.629 bits per heavy atom. The first-order valence-electron chi connectivity index (χ1n) is 12.4. The molecule has 206 valence electrons. The van der Waals surface area contributed by atoms with Gasteiger partial charge in [-0.3, -0.25) is 0 Å². The Morgan fingerprint density at radius 3 is 1.20 bits per heavy atom. The number of halogens is 5. The van der Waals surface area contributed by atoms with Crippen molar-refractivity contribution >= 4 is 24.5 Å². The van der Waals surface area contributed by atoms with Crippen LogP contribution in [0.5, 0.6) is 0 Å². The number of nitrogens with zero attached hydrogens (tertiary/aromatic N) is 2. The van der Waals surface area contributed by atoms with Crippen LogP contribution in [0, 0.1) is 14.3 Å². The third kappa shape index (κ3) is 8.67. The topological polar surface area (TPSA) is 6.48 Å². The molecule has 0 spiro atoms. The van der Waals surface area contributed by atoms with Gasteiger partial charge in [0.15, 0.2) is 0 Å². The van der Waals surface area contributed by atoms with E-state index in [1.54, 1.807) is 25.7 Å². The Hall–Kier alpha value is 1.86. The second-order valence-corrected chi connectivity index (χ2v) is 22.4. The van der Waals surface area contributed by atoms with Crippen LogP contribution in [-0.4, -0.2) is 34.8 Å². The van der Waals surface area contributed by atoms with E-state index in [2.05, 4.69) is 73.9 Å². The van der Waals surface area contributed by atoms with Gasteiger partial charge in [0.25, 0.3) is 0 Å². The number of para-hydroxylation sites is 2. The molecule has 1 heterocycles. The number of rotatable bonds is 14. The third-order valence-corrected chi connectivity index (χ3v) is 20.7. The molecule has 2 aromatic carbocycles. The van der Waals surface area contributed by atoms with E-state index < -0.39 is 18.2 Å². The van der Waals surface area contributed by atoms with Gasteiger partial charge < -0.3 is 0 Å². The van der Waals surface area contributed by atoms with Gasteiger partial charge in [0, 0.05) is 0 Å². The Balaban J connectivity index is 2.05. The summed E-state index contributed by atoms with van der Waals surface area (Å²) in [5.74, 6) is 0. The van der Waals surface area contributed by atoms with Gasteiger partial charge >= 0.3 is 272 Å².